The van der Waals surface area contributed by atoms with Crippen LogP contribution in [0.3, 0.4) is 0 Å². The van der Waals surface area contributed by atoms with E-state index in [1.54, 1.807) is 0 Å². The summed E-state index contributed by atoms with van der Waals surface area (Å²) in [6, 6.07) is 4.24. The number of nitrogens with one attached hydrogen (secondary N) is 2. The molecule has 0 radical (unpaired) electrons. The zero-order valence-electron chi connectivity index (χ0n) is 11.7. The Balaban J connectivity index is 0.00000220. The number of halogens is 3. The van der Waals surface area contributed by atoms with Crippen LogP contribution >= 0.6 is 24.0 Å². The molecule has 0 aliphatic carbocycles. The van der Waals surface area contributed by atoms with Crippen LogP contribution in [0.5, 0.6) is 0 Å². The van der Waals surface area contributed by atoms with E-state index in [0.717, 1.165) is 39.1 Å². The number of amides is 1. The average molecular weight is 336 g/mol. The van der Waals surface area contributed by atoms with Crippen molar-refractivity contribution in [1.82, 2.24) is 15.5 Å². The van der Waals surface area contributed by atoms with Crippen LogP contribution in [-0.2, 0) is 0 Å². The molecule has 0 spiro atoms. The minimum absolute atomic E-state index is 0. The summed E-state index contributed by atoms with van der Waals surface area (Å²) >= 11 is 5.84. The second-order valence-electron chi connectivity index (χ2n) is 4.80. The van der Waals surface area contributed by atoms with E-state index < -0.39 is 11.7 Å². The Morgan fingerprint density at radius 3 is 2.76 bits per heavy atom. The first-order valence-electron chi connectivity index (χ1n) is 6.84. The molecule has 21 heavy (non-hydrogen) atoms. The van der Waals surface area contributed by atoms with Crippen LogP contribution < -0.4 is 10.6 Å². The van der Waals surface area contributed by atoms with Crippen molar-refractivity contribution in [2.24, 2.45) is 0 Å². The molecule has 0 atom stereocenters. The summed E-state index contributed by atoms with van der Waals surface area (Å²) in [5.74, 6) is -1.04. The number of hydrogen-bond acceptors (Lipinski definition) is 3. The maximum atomic E-state index is 13.5. The third kappa shape index (κ3) is 5.43. The molecule has 0 saturated carbocycles. The lowest BCUT2D eigenvalue weighted by atomic mass is 10.2. The fraction of sp³-hybridized carbons (Fsp3) is 0.500. The molecule has 1 aromatic rings. The van der Waals surface area contributed by atoms with Crippen LogP contribution in [0.2, 0.25) is 5.02 Å². The molecule has 4 nitrogen and oxygen atoms in total. The summed E-state index contributed by atoms with van der Waals surface area (Å²) < 4.78 is 13.5. The summed E-state index contributed by atoms with van der Waals surface area (Å²) in [4.78, 5) is 14.2. The van der Waals surface area contributed by atoms with Crippen molar-refractivity contribution in [3.05, 3.63) is 34.6 Å². The molecular weight excluding hydrogens is 316 g/mol. The minimum atomic E-state index is -0.586. The standard InChI is InChI=1S/C14H19ClFN3O.ClH/c15-11-3-1-4-12(16)13(11)14(20)18-5-2-8-19-9-6-17-7-10-19;/h1,3-4,17H,2,5-10H2,(H,18,20);1H. The van der Waals surface area contributed by atoms with Gasteiger partial charge in [-0.25, -0.2) is 4.39 Å². The quantitative estimate of drug-likeness (QED) is 0.808. The smallest absolute Gasteiger partial charge is 0.255 e. The van der Waals surface area contributed by atoms with Gasteiger partial charge >= 0.3 is 0 Å². The first-order valence-corrected chi connectivity index (χ1v) is 7.21. The van der Waals surface area contributed by atoms with E-state index >= 15 is 0 Å². The summed E-state index contributed by atoms with van der Waals surface area (Å²) in [7, 11) is 0. The Hall–Kier alpha value is -0.880. The highest BCUT2D eigenvalue weighted by molar-refractivity contribution is 6.33. The lowest BCUT2D eigenvalue weighted by molar-refractivity contribution is 0.0947. The SMILES string of the molecule is Cl.O=C(NCCCN1CCNCC1)c1c(F)cccc1Cl. The second-order valence-corrected chi connectivity index (χ2v) is 5.20. The van der Waals surface area contributed by atoms with Crippen LogP contribution in [0.1, 0.15) is 16.8 Å². The van der Waals surface area contributed by atoms with E-state index in [1.165, 1.54) is 18.2 Å². The van der Waals surface area contributed by atoms with Crippen molar-refractivity contribution in [2.75, 3.05) is 39.3 Å². The third-order valence-electron chi connectivity index (χ3n) is 3.34. The van der Waals surface area contributed by atoms with E-state index in [4.69, 9.17) is 11.6 Å². The molecule has 2 N–H and O–H groups in total. The predicted octanol–water partition coefficient (Wildman–Crippen LogP) is 1.93. The van der Waals surface area contributed by atoms with Gasteiger partial charge in [0.05, 0.1) is 10.6 Å². The van der Waals surface area contributed by atoms with Crippen molar-refractivity contribution in [3.63, 3.8) is 0 Å². The van der Waals surface area contributed by atoms with Gasteiger partial charge < -0.3 is 15.5 Å². The molecule has 1 amide bonds. The summed E-state index contributed by atoms with van der Waals surface area (Å²) in [5, 5.41) is 6.15. The van der Waals surface area contributed by atoms with Gasteiger partial charge in [0.2, 0.25) is 0 Å². The molecule has 2 rings (SSSR count). The topological polar surface area (TPSA) is 44.4 Å². The highest BCUT2D eigenvalue weighted by atomic mass is 35.5. The number of carbonyl (C=O) groups is 1. The van der Waals surface area contributed by atoms with E-state index in [2.05, 4.69) is 15.5 Å². The molecule has 1 aromatic carbocycles. The van der Waals surface area contributed by atoms with Gasteiger partial charge in [0.1, 0.15) is 5.82 Å². The number of piperazine rings is 1. The summed E-state index contributed by atoms with van der Waals surface area (Å²) in [6.45, 7) is 5.55. The van der Waals surface area contributed by atoms with Gasteiger partial charge in [-0.2, -0.15) is 0 Å². The maximum absolute atomic E-state index is 13.5. The van der Waals surface area contributed by atoms with Crippen molar-refractivity contribution in [3.8, 4) is 0 Å². The lowest BCUT2D eigenvalue weighted by Crippen LogP contribution is -2.44. The number of carbonyl (C=O) groups excluding carboxylic acids is 1. The first kappa shape index (κ1) is 18.2. The molecule has 1 saturated heterocycles. The number of benzene rings is 1. The van der Waals surface area contributed by atoms with Gasteiger partial charge in [0, 0.05) is 32.7 Å². The van der Waals surface area contributed by atoms with Crippen LogP contribution in [-0.4, -0.2) is 50.1 Å². The molecular formula is C14H20Cl2FN3O. The number of rotatable bonds is 5. The minimum Gasteiger partial charge on any atom is -0.352 e. The van der Waals surface area contributed by atoms with Crippen molar-refractivity contribution in [2.45, 2.75) is 6.42 Å². The molecule has 0 aromatic heterocycles. The zero-order chi connectivity index (χ0) is 14.4. The molecule has 1 aliphatic heterocycles. The Kier molecular flexibility index (Phi) is 7.96. The molecule has 1 fully saturated rings. The molecule has 1 heterocycles. The molecule has 1 aliphatic rings. The van der Waals surface area contributed by atoms with E-state index in [0.29, 0.717) is 6.54 Å². The fourth-order valence-electron chi connectivity index (χ4n) is 2.24. The van der Waals surface area contributed by atoms with Crippen LogP contribution in [0, 0.1) is 5.82 Å². The van der Waals surface area contributed by atoms with Crippen LogP contribution in [0.15, 0.2) is 18.2 Å². The maximum Gasteiger partial charge on any atom is 0.255 e. The second kappa shape index (κ2) is 9.20. The molecule has 0 bridgehead atoms. The zero-order valence-corrected chi connectivity index (χ0v) is 13.3. The number of hydrogen-bond donors (Lipinski definition) is 2. The van der Waals surface area contributed by atoms with Gasteiger partial charge in [-0.1, -0.05) is 17.7 Å². The Bertz CT molecular complexity index is 447. The van der Waals surface area contributed by atoms with Crippen LogP contribution in [0.4, 0.5) is 4.39 Å². The molecule has 7 heteroatoms. The fourth-order valence-corrected chi connectivity index (χ4v) is 2.49. The molecule has 0 unspecified atom stereocenters. The van der Waals surface area contributed by atoms with E-state index in [9.17, 15) is 9.18 Å². The van der Waals surface area contributed by atoms with E-state index in [1.807, 2.05) is 0 Å². The Morgan fingerprint density at radius 1 is 1.38 bits per heavy atom. The first-order chi connectivity index (χ1) is 9.68. The largest absolute Gasteiger partial charge is 0.352 e. The highest BCUT2D eigenvalue weighted by Crippen LogP contribution is 2.18. The van der Waals surface area contributed by atoms with Crippen molar-refractivity contribution >= 4 is 29.9 Å². The Labute approximate surface area is 135 Å². The highest BCUT2D eigenvalue weighted by Gasteiger charge is 2.15. The normalized spacial score (nSPS) is 15.3. The van der Waals surface area contributed by atoms with Gasteiger partial charge in [-0.05, 0) is 25.1 Å². The average Bonchev–Trinajstić information content (AvgIpc) is 2.44. The predicted molar refractivity (Wildman–Crippen MR) is 84.9 cm³/mol. The summed E-state index contributed by atoms with van der Waals surface area (Å²) in [6.07, 6.45) is 0.845. The van der Waals surface area contributed by atoms with Crippen molar-refractivity contribution in [1.29, 1.82) is 0 Å². The Morgan fingerprint density at radius 2 is 2.10 bits per heavy atom. The van der Waals surface area contributed by atoms with Gasteiger partial charge in [0.25, 0.3) is 5.91 Å². The lowest BCUT2D eigenvalue weighted by Gasteiger charge is -2.27. The van der Waals surface area contributed by atoms with Crippen molar-refractivity contribution < 1.29 is 9.18 Å². The third-order valence-corrected chi connectivity index (χ3v) is 3.65. The monoisotopic (exact) mass is 335 g/mol. The summed E-state index contributed by atoms with van der Waals surface area (Å²) in [5.41, 5.74) is -0.0728. The molecule has 118 valence electrons. The van der Waals surface area contributed by atoms with Crippen LogP contribution in [0.25, 0.3) is 0 Å². The van der Waals surface area contributed by atoms with Gasteiger partial charge in [0.15, 0.2) is 0 Å². The van der Waals surface area contributed by atoms with Gasteiger partial charge in [-0.15, -0.1) is 12.4 Å². The number of nitrogens with zero attached hydrogens (tertiary/aromatic N) is 1. The van der Waals surface area contributed by atoms with E-state index in [-0.39, 0.29) is 23.0 Å². The van der Waals surface area contributed by atoms with Gasteiger partial charge in [-0.3, -0.25) is 4.79 Å².